The number of amides is 3. The van der Waals surface area contributed by atoms with E-state index < -0.39 is 35.7 Å². The molecule has 0 bridgehead atoms. The Balaban J connectivity index is 1.43. The second kappa shape index (κ2) is 18.9. The van der Waals surface area contributed by atoms with Crippen LogP contribution in [0, 0.1) is 11.8 Å². The normalized spacial score (nSPS) is 17.6. The summed E-state index contributed by atoms with van der Waals surface area (Å²) in [7, 11) is 0. The Kier molecular flexibility index (Phi) is 15.0. The standard InChI is InChI=1S/C38H56N6O5S2/c1-25(2)30(19-39-37(48)49-23-28-24-51-36(40-28)26(3)4)34(46)41-31(18-27-12-9-8-10-13-27)33(45)22-44-16-15-43(20-29-14-11-17-50-29)21-32(44)35(47)42-38(5,6)7/h8-14,17,24-26,30-33,45H,15-16,18-23H2,1-7H3,(H,39,48)(H,41,46)(H,42,47)/t30-,31+,32+,33-/m0/s1. The number of aromatic nitrogens is 1. The summed E-state index contributed by atoms with van der Waals surface area (Å²) >= 11 is 3.24. The molecule has 4 atom stereocenters. The van der Waals surface area contributed by atoms with Crippen LogP contribution in [0.5, 0.6) is 0 Å². The molecule has 3 heterocycles. The Bertz CT molecular complexity index is 1520. The Morgan fingerprint density at radius 3 is 2.41 bits per heavy atom. The molecule has 0 unspecified atom stereocenters. The summed E-state index contributed by atoms with van der Waals surface area (Å²) in [6.07, 6.45) is -1.19. The number of piperazine rings is 1. The van der Waals surface area contributed by atoms with Crippen molar-refractivity contribution in [1.29, 1.82) is 0 Å². The van der Waals surface area contributed by atoms with E-state index in [2.05, 4.69) is 51.1 Å². The average molecular weight is 741 g/mol. The van der Waals surface area contributed by atoms with Crippen molar-refractivity contribution in [3.8, 4) is 0 Å². The van der Waals surface area contributed by atoms with Crippen LogP contribution in [0.3, 0.4) is 0 Å². The lowest BCUT2D eigenvalue weighted by atomic mass is 9.93. The fourth-order valence-electron chi connectivity index (χ4n) is 6.04. The topological polar surface area (TPSA) is 136 Å². The van der Waals surface area contributed by atoms with E-state index in [1.165, 1.54) is 16.2 Å². The molecule has 3 amide bonds. The summed E-state index contributed by atoms with van der Waals surface area (Å²) in [5.41, 5.74) is 1.25. The Morgan fingerprint density at radius 2 is 1.78 bits per heavy atom. The fraction of sp³-hybridized carbons (Fsp3) is 0.579. The smallest absolute Gasteiger partial charge is 0.407 e. The molecule has 3 aromatic rings. The minimum atomic E-state index is -0.970. The summed E-state index contributed by atoms with van der Waals surface area (Å²) < 4.78 is 5.39. The zero-order valence-electron chi connectivity index (χ0n) is 31.1. The molecule has 2 aromatic heterocycles. The highest BCUT2D eigenvalue weighted by molar-refractivity contribution is 7.10. The van der Waals surface area contributed by atoms with Gasteiger partial charge in [-0.15, -0.1) is 22.7 Å². The van der Waals surface area contributed by atoms with Crippen LogP contribution in [0.1, 0.15) is 75.5 Å². The van der Waals surface area contributed by atoms with Gasteiger partial charge in [0.25, 0.3) is 0 Å². The maximum atomic E-state index is 13.9. The molecule has 0 saturated carbocycles. The quantitative estimate of drug-likeness (QED) is 0.161. The van der Waals surface area contributed by atoms with Crippen LogP contribution >= 0.6 is 22.7 Å². The number of alkyl carbamates (subject to hydrolysis) is 1. The third-order valence-corrected chi connectivity index (χ3v) is 10.9. The minimum Gasteiger partial charge on any atom is -0.443 e. The molecular weight excluding hydrogens is 685 g/mol. The number of aliphatic hydroxyl groups excluding tert-OH is 1. The van der Waals surface area contributed by atoms with Crippen LogP contribution in [0.4, 0.5) is 4.79 Å². The molecule has 51 heavy (non-hydrogen) atoms. The van der Waals surface area contributed by atoms with Crippen molar-refractivity contribution in [2.24, 2.45) is 11.8 Å². The SMILES string of the molecule is CC(C)c1nc(COC(=O)NC[C@H](C(=O)N[C@H](Cc2ccccc2)[C@@H](O)CN2CCN(Cc3cccs3)C[C@@H]2C(=O)NC(C)(C)C)C(C)C)cs1. The molecule has 0 aliphatic carbocycles. The summed E-state index contributed by atoms with van der Waals surface area (Å²) in [5, 5.41) is 25.8. The molecule has 0 radical (unpaired) electrons. The number of rotatable bonds is 16. The summed E-state index contributed by atoms with van der Waals surface area (Å²) in [5.74, 6) is -0.723. The molecule has 4 rings (SSSR count). The van der Waals surface area contributed by atoms with Gasteiger partial charge < -0.3 is 25.8 Å². The van der Waals surface area contributed by atoms with Crippen LogP contribution in [0.15, 0.2) is 53.2 Å². The van der Waals surface area contributed by atoms with Crippen molar-refractivity contribution in [3.63, 3.8) is 0 Å². The van der Waals surface area contributed by atoms with Crippen molar-refractivity contribution in [2.75, 3.05) is 32.7 Å². The van der Waals surface area contributed by atoms with Gasteiger partial charge in [0.15, 0.2) is 0 Å². The first-order chi connectivity index (χ1) is 24.2. The maximum Gasteiger partial charge on any atom is 0.407 e. The van der Waals surface area contributed by atoms with E-state index in [-0.39, 0.29) is 37.4 Å². The lowest BCUT2D eigenvalue weighted by molar-refractivity contribution is -0.132. The molecule has 1 aliphatic rings. The zero-order valence-corrected chi connectivity index (χ0v) is 32.7. The Hall–Kier alpha value is -3.36. The number of nitrogens with one attached hydrogen (secondary N) is 3. The van der Waals surface area contributed by atoms with Gasteiger partial charge in [-0.05, 0) is 50.1 Å². The highest BCUT2D eigenvalue weighted by Gasteiger charge is 2.37. The van der Waals surface area contributed by atoms with Crippen LogP contribution in [0.2, 0.25) is 0 Å². The van der Waals surface area contributed by atoms with Crippen molar-refractivity contribution in [2.45, 2.75) is 97.7 Å². The lowest BCUT2D eigenvalue weighted by Gasteiger charge is -2.43. The van der Waals surface area contributed by atoms with Gasteiger partial charge in [0, 0.05) is 61.0 Å². The second-order valence-corrected chi connectivity index (χ2v) is 17.0. The van der Waals surface area contributed by atoms with Crippen molar-refractivity contribution in [3.05, 3.63) is 74.4 Å². The van der Waals surface area contributed by atoms with E-state index in [1.807, 2.05) is 81.3 Å². The maximum absolute atomic E-state index is 13.9. The first-order valence-electron chi connectivity index (χ1n) is 17.9. The highest BCUT2D eigenvalue weighted by Crippen LogP contribution is 2.21. The van der Waals surface area contributed by atoms with Gasteiger partial charge in [0.1, 0.15) is 12.6 Å². The van der Waals surface area contributed by atoms with Crippen LogP contribution in [-0.4, -0.2) is 94.2 Å². The van der Waals surface area contributed by atoms with E-state index in [4.69, 9.17) is 4.74 Å². The zero-order chi connectivity index (χ0) is 37.1. The van der Waals surface area contributed by atoms with Gasteiger partial charge >= 0.3 is 6.09 Å². The number of hydrogen-bond donors (Lipinski definition) is 4. The fourth-order valence-corrected chi connectivity index (χ4v) is 7.61. The van der Waals surface area contributed by atoms with E-state index >= 15 is 0 Å². The molecule has 13 heteroatoms. The first-order valence-corrected chi connectivity index (χ1v) is 19.6. The Labute approximate surface area is 311 Å². The van der Waals surface area contributed by atoms with E-state index in [0.717, 1.165) is 23.7 Å². The van der Waals surface area contributed by atoms with Crippen molar-refractivity contribution < 1.29 is 24.2 Å². The summed E-state index contributed by atoms with van der Waals surface area (Å²) in [6, 6.07) is 12.8. The highest BCUT2D eigenvalue weighted by atomic mass is 32.1. The third kappa shape index (κ3) is 13.0. The van der Waals surface area contributed by atoms with Crippen LogP contribution < -0.4 is 16.0 Å². The molecule has 280 valence electrons. The monoisotopic (exact) mass is 740 g/mol. The van der Waals surface area contributed by atoms with E-state index in [1.54, 1.807) is 11.3 Å². The lowest BCUT2D eigenvalue weighted by Crippen LogP contribution is -2.63. The predicted molar refractivity (Wildman–Crippen MR) is 204 cm³/mol. The molecule has 1 fully saturated rings. The first kappa shape index (κ1) is 40.4. The number of carbonyl (C=O) groups is 3. The summed E-state index contributed by atoms with van der Waals surface area (Å²) in [4.78, 5) is 50.2. The molecule has 1 aliphatic heterocycles. The van der Waals surface area contributed by atoms with Gasteiger partial charge in [-0.1, -0.05) is 64.1 Å². The molecule has 1 aromatic carbocycles. The van der Waals surface area contributed by atoms with Gasteiger partial charge in [-0.3, -0.25) is 19.4 Å². The molecule has 1 saturated heterocycles. The molecule has 4 N–H and O–H groups in total. The molecule has 11 nitrogen and oxygen atoms in total. The van der Waals surface area contributed by atoms with Gasteiger partial charge in [0.05, 0.1) is 28.8 Å². The van der Waals surface area contributed by atoms with E-state index in [9.17, 15) is 19.5 Å². The predicted octanol–water partition coefficient (Wildman–Crippen LogP) is 5.02. The summed E-state index contributed by atoms with van der Waals surface area (Å²) in [6.45, 7) is 16.8. The molecule has 0 spiro atoms. The van der Waals surface area contributed by atoms with Crippen LogP contribution in [-0.2, 0) is 33.9 Å². The number of carbonyl (C=O) groups excluding carboxylic acids is 3. The number of thiazole rings is 1. The average Bonchev–Trinajstić information content (AvgIpc) is 3.76. The number of aliphatic hydroxyl groups is 1. The number of thiophene rings is 1. The van der Waals surface area contributed by atoms with Crippen molar-refractivity contribution >= 4 is 40.6 Å². The number of ether oxygens (including phenoxy) is 1. The minimum absolute atomic E-state index is 0.0516. The van der Waals surface area contributed by atoms with Gasteiger partial charge in [-0.25, -0.2) is 9.78 Å². The van der Waals surface area contributed by atoms with E-state index in [0.29, 0.717) is 31.1 Å². The Morgan fingerprint density at radius 1 is 1.04 bits per heavy atom. The number of β-amino-alcohol motifs (C(OH)–C–C–N with tert-alkyl or cyclic N) is 1. The van der Waals surface area contributed by atoms with Gasteiger partial charge in [-0.2, -0.15) is 0 Å². The number of nitrogens with zero attached hydrogens (tertiary/aromatic N) is 3. The molecular formula is C38H56N6O5S2. The second-order valence-electron chi connectivity index (χ2n) is 15.1. The van der Waals surface area contributed by atoms with Crippen molar-refractivity contribution in [1.82, 2.24) is 30.7 Å². The third-order valence-electron chi connectivity index (χ3n) is 8.87. The van der Waals surface area contributed by atoms with Gasteiger partial charge in [0.2, 0.25) is 11.8 Å². The number of hydrogen-bond acceptors (Lipinski definition) is 10. The van der Waals surface area contributed by atoms with Crippen LogP contribution in [0.25, 0.3) is 0 Å². The largest absolute Gasteiger partial charge is 0.443 e. The number of benzene rings is 1.